The zero-order valence-electron chi connectivity index (χ0n) is 10.6. The van der Waals surface area contributed by atoms with Crippen molar-refractivity contribution in [2.75, 3.05) is 6.54 Å². The van der Waals surface area contributed by atoms with E-state index in [0.29, 0.717) is 18.5 Å². The fourth-order valence-corrected chi connectivity index (χ4v) is 2.56. The van der Waals surface area contributed by atoms with Gasteiger partial charge in [0.25, 0.3) is 0 Å². The second kappa shape index (κ2) is 6.12. The first-order valence-electron chi connectivity index (χ1n) is 6.59. The van der Waals surface area contributed by atoms with Crippen LogP contribution in [0.4, 0.5) is 0 Å². The molecule has 0 unspecified atom stereocenters. The average Bonchev–Trinajstić information content (AvgIpc) is 2.84. The Bertz CT molecular complexity index is 333. The molecule has 0 spiro atoms. The van der Waals surface area contributed by atoms with Crippen LogP contribution in [0.2, 0.25) is 0 Å². The van der Waals surface area contributed by atoms with Gasteiger partial charge in [0.1, 0.15) is 0 Å². The second-order valence-electron chi connectivity index (χ2n) is 4.66. The van der Waals surface area contributed by atoms with Crippen LogP contribution in [0.3, 0.4) is 0 Å². The molecule has 5 heteroatoms. The molecule has 1 saturated carbocycles. The first-order valence-corrected chi connectivity index (χ1v) is 6.59. The van der Waals surface area contributed by atoms with E-state index >= 15 is 0 Å². The molecule has 96 valence electrons. The fraction of sp³-hybridized carbons (Fsp3) is 0.833. The summed E-state index contributed by atoms with van der Waals surface area (Å²) in [5.41, 5.74) is 5.46. The van der Waals surface area contributed by atoms with Crippen molar-refractivity contribution in [1.82, 2.24) is 15.0 Å². The molecular weight excluding hydrogens is 216 g/mol. The summed E-state index contributed by atoms with van der Waals surface area (Å²) < 4.78 is 5.03. The van der Waals surface area contributed by atoms with E-state index in [9.17, 15) is 0 Å². The quantitative estimate of drug-likeness (QED) is 0.845. The molecule has 0 amide bonds. The van der Waals surface area contributed by atoms with Crippen LogP contribution < -0.4 is 5.73 Å². The molecule has 0 aromatic carbocycles. The molecule has 2 N–H and O–H groups in total. The van der Waals surface area contributed by atoms with Crippen LogP contribution in [0.1, 0.15) is 50.7 Å². The van der Waals surface area contributed by atoms with Gasteiger partial charge >= 0.3 is 0 Å². The number of hydrogen-bond acceptors (Lipinski definition) is 5. The third kappa shape index (κ3) is 3.26. The van der Waals surface area contributed by atoms with Crippen LogP contribution in [0.15, 0.2) is 4.52 Å². The molecule has 17 heavy (non-hydrogen) atoms. The molecule has 1 heterocycles. The Morgan fingerprint density at radius 1 is 1.35 bits per heavy atom. The van der Waals surface area contributed by atoms with Gasteiger partial charge in [-0.3, -0.25) is 4.90 Å². The molecule has 5 nitrogen and oxygen atoms in total. The van der Waals surface area contributed by atoms with Gasteiger partial charge in [0.05, 0.1) is 13.1 Å². The van der Waals surface area contributed by atoms with Crippen molar-refractivity contribution in [3.63, 3.8) is 0 Å². The standard InChI is InChI=1S/C12H22N4O/c1-2-16(10-6-4-3-5-7-10)9-11-14-12(8-13)17-15-11/h10H,2-9,13H2,1H3. The van der Waals surface area contributed by atoms with Crippen LogP contribution in [0.5, 0.6) is 0 Å². The molecule has 0 atom stereocenters. The Labute approximate surface area is 102 Å². The minimum absolute atomic E-state index is 0.322. The molecule has 2 rings (SSSR count). The Hall–Kier alpha value is -0.940. The summed E-state index contributed by atoms with van der Waals surface area (Å²) in [6, 6.07) is 0.688. The molecular formula is C12H22N4O. The van der Waals surface area contributed by atoms with Crippen molar-refractivity contribution in [1.29, 1.82) is 0 Å². The Morgan fingerprint density at radius 3 is 2.71 bits per heavy atom. The van der Waals surface area contributed by atoms with Crippen molar-refractivity contribution >= 4 is 0 Å². The van der Waals surface area contributed by atoms with Crippen molar-refractivity contribution in [2.45, 2.75) is 58.2 Å². The van der Waals surface area contributed by atoms with Crippen LogP contribution in [-0.2, 0) is 13.1 Å². The van der Waals surface area contributed by atoms with Crippen LogP contribution in [0.25, 0.3) is 0 Å². The summed E-state index contributed by atoms with van der Waals surface area (Å²) in [6.45, 7) is 4.34. The van der Waals surface area contributed by atoms with Crippen LogP contribution in [0, 0.1) is 0 Å². The average molecular weight is 238 g/mol. The molecule has 0 bridgehead atoms. The highest BCUT2D eigenvalue weighted by Gasteiger charge is 2.21. The van der Waals surface area contributed by atoms with E-state index in [4.69, 9.17) is 10.3 Å². The van der Waals surface area contributed by atoms with E-state index in [1.165, 1.54) is 32.1 Å². The first kappa shape index (κ1) is 12.5. The normalized spacial score (nSPS) is 17.8. The molecule has 1 aliphatic rings. The fourth-order valence-electron chi connectivity index (χ4n) is 2.56. The highest BCUT2D eigenvalue weighted by Crippen LogP contribution is 2.23. The van der Waals surface area contributed by atoms with Crippen LogP contribution >= 0.6 is 0 Å². The molecule has 1 aromatic rings. The monoisotopic (exact) mass is 238 g/mol. The van der Waals surface area contributed by atoms with Crippen LogP contribution in [-0.4, -0.2) is 27.6 Å². The maximum atomic E-state index is 5.46. The predicted octanol–water partition coefficient (Wildman–Crippen LogP) is 1.68. The third-order valence-electron chi connectivity index (χ3n) is 3.53. The van der Waals surface area contributed by atoms with Crippen molar-refractivity contribution in [3.05, 3.63) is 11.7 Å². The van der Waals surface area contributed by atoms with Gasteiger partial charge in [-0.1, -0.05) is 31.3 Å². The van der Waals surface area contributed by atoms with Gasteiger partial charge in [-0.2, -0.15) is 4.98 Å². The summed E-state index contributed by atoms with van der Waals surface area (Å²) in [5.74, 6) is 1.29. The van der Waals surface area contributed by atoms with E-state index in [0.717, 1.165) is 18.9 Å². The Balaban J connectivity index is 1.93. The number of nitrogens with zero attached hydrogens (tertiary/aromatic N) is 3. The summed E-state index contributed by atoms with van der Waals surface area (Å²) in [6.07, 6.45) is 6.68. The predicted molar refractivity (Wildman–Crippen MR) is 65.1 cm³/mol. The van der Waals surface area contributed by atoms with Gasteiger partial charge in [-0.15, -0.1) is 0 Å². The molecule has 0 saturated heterocycles. The number of hydrogen-bond donors (Lipinski definition) is 1. The van der Waals surface area contributed by atoms with E-state index in [-0.39, 0.29) is 0 Å². The lowest BCUT2D eigenvalue weighted by molar-refractivity contribution is 0.151. The number of rotatable bonds is 5. The lowest BCUT2D eigenvalue weighted by Gasteiger charge is -2.32. The summed E-state index contributed by atoms with van der Waals surface area (Å²) in [4.78, 5) is 6.72. The minimum atomic E-state index is 0.322. The van der Waals surface area contributed by atoms with Crippen molar-refractivity contribution < 1.29 is 4.52 Å². The van der Waals surface area contributed by atoms with E-state index in [1.54, 1.807) is 0 Å². The molecule has 0 radical (unpaired) electrons. The topological polar surface area (TPSA) is 68.2 Å². The van der Waals surface area contributed by atoms with Crippen molar-refractivity contribution in [2.24, 2.45) is 5.73 Å². The highest BCUT2D eigenvalue weighted by molar-refractivity contribution is 4.87. The summed E-state index contributed by atoms with van der Waals surface area (Å²) in [5, 5.41) is 3.96. The SMILES string of the molecule is CCN(Cc1noc(CN)n1)C1CCCCC1. The van der Waals surface area contributed by atoms with Gasteiger partial charge in [0.15, 0.2) is 5.82 Å². The Kier molecular flexibility index (Phi) is 4.50. The third-order valence-corrected chi connectivity index (χ3v) is 3.53. The maximum absolute atomic E-state index is 5.46. The zero-order chi connectivity index (χ0) is 12.1. The largest absolute Gasteiger partial charge is 0.338 e. The van der Waals surface area contributed by atoms with Gasteiger partial charge in [0, 0.05) is 6.04 Å². The van der Waals surface area contributed by atoms with Gasteiger partial charge in [-0.25, -0.2) is 0 Å². The van der Waals surface area contributed by atoms with E-state index < -0.39 is 0 Å². The first-order chi connectivity index (χ1) is 8.33. The minimum Gasteiger partial charge on any atom is -0.338 e. The molecule has 1 fully saturated rings. The lowest BCUT2D eigenvalue weighted by Crippen LogP contribution is -2.36. The van der Waals surface area contributed by atoms with E-state index in [1.807, 2.05) is 0 Å². The second-order valence-corrected chi connectivity index (χ2v) is 4.66. The maximum Gasteiger partial charge on any atom is 0.240 e. The highest BCUT2D eigenvalue weighted by atomic mass is 16.5. The van der Waals surface area contributed by atoms with Gasteiger partial charge in [-0.05, 0) is 19.4 Å². The zero-order valence-corrected chi connectivity index (χ0v) is 10.6. The molecule has 0 aliphatic heterocycles. The van der Waals surface area contributed by atoms with E-state index in [2.05, 4.69) is 22.0 Å². The van der Waals surface area contributed by atoms with Crippen molar-refractivity contribution in [3.8, 4) is 0 Å². The van der Waals surface area contributed by atoms with Gasteiger partial charge in [0.2, 0.25) is 5.89 Å². The van der Waals surface area contributed by atoms with Gasteiger partial charge < -0.3 is 10.3 Å². The number of nitrogens with two attached hydrogens (primary N) is 1. The molecule has 1 aliphatic carbocycles. The summed E-state index contributed by atoms with van der Waals surface area (Å²) >= 11 is 0. The lowest BCUT2D eigenvalue weighted by atomic mass is 9.94. The Morgan fingerprint density at radius 2 is 2.12 bits per heavy atom. The molecule has 1 aromatic heterocycles. The number of aromatic nitrogens is 2. The smallest absolute Gasteiger partial charge is 0.240 e. The summed E-state index contributed by atoms with van der Waals surface area (Å²) in [7, 11) is 0.